The fourth-order valence-corrected chi connectivity index (χ4v) is 2.85. The topological polar surface area (TPSA) is 46.5 Å². The van der Waals surface area contributed by atoms with Gasteiger partial charge in [-0.15, -0.1) is 11.3 Å². The highest BCUT2D eigenvalue weighted by molar-refractivity contribution is 7.13. The smallest absolute Gasteiger partial charge is 0.187 e. The number of benzene rings is 1. The molecule has 0 fully saturated rings. The molecular weight excluding hydrogens is 270 g/mol. The van der Waals surface area contributed by atoms with Gasteiger partial charge in [0, 0.05) is 23.7 Å². The van der Waals surface area contributed by atoms with Crippen LogP contribution in [0.4, 0.5) is 10.8 Å². The molecule has 0 bridgehead atoms. The number of nitrogens with zero attached hydrogens (tertiary/aromatic N) is 2. The van der Waals surface area contributed by atoms with E-state index in [1.807, 2.05) is 36.7 Å². The molecule has 1 aliphatic rings. The van der Waals surface area contributed by atoms with E-state index in [4.69, 9.17) is 4.74 Å². The Morgan fingerprint density at radius 1 is 1.35 bits per heavy atom. The minimum absolute atomic E-state index is 0.331. The van der Waals surface area contributed by atoms with Gasteiger partial charge in [-0.1, -0.05) is 18.2 Å². The van der Waals surface area contributed by atoms with Gasteiger partial charge >= 0.3 is 0 Å². The Balaban J connectivity index is 1.77. The first-order valence-corrected chi connectivity index (χ1v) is 7.28. The summed E-state index contributed by atoms with van der Waals surface area (Å²) in [5.41, 5.74) is 2.01. The van der Waals surface area contributed by atoms with Crippen LogP contribution < -0.4 is 10.1 Å². The molecule has 1 aromatic heterocycles. The maximum atomic E-state index is 5.33. The number of aliphatic imine (C=N–C) groups is 1. The van der Waals surface area contributed by atoms with Crippen LogP contribution in [-0.2, 0) is 0 Å². The highest BCUT2D eigenvalue weighted by Crippen LogP contribution is 2.31. The summed E-state index contributed by atoms with van der Waals surface area (Å²) in [7, 11) is 1.67. The summed E-state index contributed by atoms with van der Waals surface area (Å²) in [6, 6.07) is 7.83. The highest BCUT2D eigenvalue weighted by Gasteiger charge is 2.13. The van der Waals surface area contributed by atoms with Gasteiger partial charge in [0.25, 0.3) is 0 Å². The van der Waals surface area contributed by atoms with Gasteiger partial charge in [-0.3, -0.25) is 4.99 Å². The van der Waals surface area contributed by atoms with Crippen LogP contribution in [0.3, 0.4) is 0 Å². The van der Waals surface area contributed by atoms with Crippen molar-refractivity contribution in [2.75, 3.05) is 12.4 Å². The summed E-state index contributed by atoms with van der Waals surface area (Å²) in [5.74, 6) is 1.14. The van der Waals surface area contributed by atoms with Crippen LogP contribution in [0.2, 0.25) is 0 Å². The van der Waals surface area contributed by atoms with Gasteiger partial charge in [0.15, 0.2) is 5.13 Å². The van der Waals surface area contributed by atoms with E-state index in [0.29, 0.717) is 5.92 Å². The number of anilines is 2. The van der Waals surface area contributed by atoms with E-state index >= 15 is 0 Å². The number of hydrogen-bond acceptors (Lipinski definition) is 5. The molecule has 3 rings (SSSR count). The average molecular weight is 285 g/mol. The van der Waals surface area contributed by atoms with Crippen LogP contribution in [0.1, 0.15) is 18.0 Å². The normalized spacial score (nSPS) is 17.1. The fourth-order valence-electron chi connectivity index (χ4n) is 2.06. The third kappa shape index (κ3) is 2.72. The predicted octanol–water partition coefficient (Wildman–Crippen LogP) is 3.97. The molecule has 1 N–H and O–H groups in total. The summed E-state index contributed by atoms with van der Waals surface area (Å²) in [4.78, 5) is 8.73. The maximum Gasteiger partial charge on any atom is 0.187 e. The van der Waals surface area contributed by atoms with E-state index in [2.05, 4.69) is 26.7 Å². The number of ether oxygens (including phenoxy) is 1. The van der Waals surface area contributed by atoms with Gasteiger partial charge in [-0.25, -0.2) is 4.98 Å². The molecular formula is C15H15N3OS. The van der Waals surface area contributed by atoms with E-state index in [1.54, 1.807) is 18.4 Å². The molecule has 1 aliphatic heterocycles. The first kappa shape index (κ1) is 12.9. The lowest BCUT2D eigenvalue weighted by Crippen LogP contribution is -2.00. The molecule has 0 spiro atoms. The average Bonchev–Trinajstić information content (AvgIpc) is 2.97. The number of para-hydroxylation sites is 2. The maximum absolute atomic E-state index is 5.33. The zero-order chi connectivity index (χ0) is 13.8. The van der Waals surface area contributed by atoms with E-state index in [-0.39, 0.29) is 0 Å². The molecule has 0 saturated carbocycles. The first-order chi connectivity index (χ1) is 9.86. The fraction of sp³-hybridized carbons (Fsp3) is 0.200. The summed E-state index contributed by atoms with van der Waals surface area (Å²) < 4.78 is 5.33. The molecule has 2 heterocycles. The van der Waals surface area contributed by atoms with Gasteiger partial charge in [-0.2, -0.15) is 0 Å². The summed E-state index contributed by atoms with van der Waals surface area (Å²) in [6.07, 6.45) is 6.76. The van der Waals surface area contributed by atoms with Crippen molar-refractivity contribution in [3.05, 3.63) is 47.6 Å². The van der Waals surface area contributed by atoms with Crippen LogP contribution in [-0.4, -0.2) is 18.3 Å². The lowest BCUT2D eigenvalue weighted by Gasteiger charge is -2.09. The molecule has 20 heavy (non-hydrogen) atoms. The van der Waals surface area contributed by atoms with Crippen molar-refractivity contribution in [1.82, 2.24) is 4.98 Å². The number of thiazole rings is 1. The molecule has 4 nitrogen and oxygen atoms in total. The second-order valence-electron chi connectivity index (χ2n) is 4.42. The summed E-state index contributed by atoms with van der Waals surface area (Å²) >= 11 is 1.60. The zero-order valence-corrected chi connectivity index (χ0v) is 11.9. The van der Waals surface area contributed by atoms with Crippen molar-refractivity contribution >= 4 is 28.4 Å². The number of allylic oxidation sites excluding steroid dienone is 1. The predicted molar refractivity (Wildman–Crippen MR) is 83.4 cm³/mol. The van der Waals surface area contributed by atoms with Crippen molar-refractivity contribution in [1.29, 1.82) is 0 Å². The van der Waals surface area contributed by atoms with Crippen LogP contribution >= 0.6 is 11.3 Å². The second-order valence-corrected chi connectivity index (χ2v) is 5.28. The van der Waals surface area contributed by atoms with Crippen molar-refractivity contribution in [3.63, 3.8) is 0 Å². The lowest BCUT2D eigenvalue weighted by molar-refractivity contribution is 0.417. The number of nitrogens with one attached hydrogen (secondary N) is 1. The molecule has 1 atom stereocenters. The van der Waals surface area contributed by atoms with E-state index < -0.39 is 0 Å². The molecule has 102 valence electrons. The molecule has 1 aromatic carbocycles. The zero-order valence-electron chi connectivity index (χ0n) is 11.1. The minimum atomic E-state index is 0.331. The Kier molecular flexibility index (Phi) is 3.78. The van der Waals surface area contributed by atoms with Gasteiger partial charge < -0.3 is 10.1 Å². The van der Waals surface area contributed by atoms with E-state index in [1.165, 1.54) is 0 Å². The first-order valence-electron chi connectivity index (χ1n) is 6.40. The van der Waals surface area contributed by atoms with Gasteiger partial charge in [-0.05, 0) is 18.6 Å². The third-order valence-corrected chi connectivity index (χ3v) is 3.90. The molecule has 2 aromatic rings. The number of aromatic nitrogens is 1. The Morgan fingerprint density at radius 2 is 2.25 bits per heavy atom. The second kappa shape index (κ2) is 5.88. The van der Waals surface area contributed by atoms with Gasteiger partial charge in [0.1, 0.15) is 5.75 Å². The summed E-state index contributed by atoms with van der Waals surface area (Å²) in [5, 5.41) is 6.27. The minimum Gasteiger partial charge on any atom is -0.495 e. The SMILES string of the molecule is COc1ccccc1Nc1nc(C2C=CN=CC2)cs1. The Hall–Kier alpha value is -2.14. The molecule has 0 amide bonds. The molecule has 1 unspecified atom stereocenters. The Morgan fingerprint density at radius 3 is 3.05 bits per heavy atom. The van der Waals surface area contributed by atoms with Crippen LogP contribution in [0, 0.1) is 0 Å². The molecule has 0 saturated heterocycles. The number of hydrogen-bond donors (Lipinski definition) is 1. The largest absolute Gasteiger partial charge is 0.495 e. The van der Waals surface area contributed by atoms with Gasteiger partial charge in [0.2, 0.25) is 0 Å². The number of methoxy groups -OCH3 is 1. The standard InChI is InChI=1S/C15H15N3OS/c1-19-14-5-3-2-4-12(14)17-15-18-13(10-20-15)11-6-8-16-9-7-11/h2-6,8-11H,7H2,1H3,(H,17,18). The molecule has 5 heteroatoms. The monoisotopic (exact) mass is 285 g/mol. The lowest BCUT2D eigenvalue weighted by atomic mass is 10.0. The Labute approximate surface area is 121 Å². The summed E-state index contributed by atoms with van der Waals surface area (Å²) in [6.45, 7) is 0. The van der Waals surface area contributed by atoms with E-state index in [0.717, 1.165) is 28.7 Å². The van der Waals surface area contributed by atoms with Gasteiger partial charge in [0.05, 0.1) is 18.5 Å². The van der Waals surface area contributed by atoms with Crippen molar-refractivity contribution in [2.45, 2.75) is 12.3 Å². The van der Waals surface area contributed by atoms with Crippen LogP contribution in [0.5, 0.6) is 5.75 Å². The quantitative estimate of drug-likeness (QED) is 0.924. The highest BCUT2D eigenvalue weighted by atomic mass is 32.1. The van der Waals surface area contributed by atoms with Crippen LogP contribution in [0.25, 0.3) is 0 Å². The van der Waals surface area contributed by atoms with Crippen molar-refractivity contribution in [2.24, 2.45) is 4.99 Å². The van der Waals surface area contributed by atoms with Crippen LogP contribution in [0.15, 0.2) is 46.9 Å². The molecule has 0 aliphatic carbocycles. The number of rotatable bonds is 4. The van der Waals surface area contributed by atoms with E-state index in [9.17, 15) is 0 Å². The third-order valence-electron chi connectivity index (χ3n) is 3.12. The Bertz CT molecular complexity index is 648. The van der Waals surface area contributed by atoms with Crippen molar-refractivity contribution < 1.29 is 4.74 Å². The van der Waals surface area contributed by atoms with Crippen molar-refractivity contribution in [3.8, 4) is 5.75 Å². The molecule has 0 radical (unpaired) electrons.